The van der Waals surface area contributed by atoms with Gasteiger partial charge >= 0.3 is 5.97 Å². The maximum absolute atomic E-state index is 13.7. The van der Waals surface area contributed by atoms with Gasteiger partial charge in [-0.1, -0.05) is 11.6 Å². The molecule has 108 valence electrons. The van der Waals surface area contributed by atoms with Crippen LogP contribution >= 0.6 is 11.6 Å². The molecular formula is C13H13ClFNO4. The number of likely N-dealkylation sites (N-methyl/N-ethyl adjacent to an activating group) is 1. The van der Waals surface area contributed by atoms with Gasteiger partial charge in [0.05, 0.1) is 24.8 Å². The minimum Gasteiger partial charge on any atom is -0.481 e. The first kappa shape index (κ1) is 14.7. The van der Waals surface area contributed by atoms with E-state index in [0.29, 0.717) is 0 Å². The van der Waals surface area contributed by atoms with Crippen LogP contribution in [0.4, 0.5) is 4.39 Å². The molecule has 1 aromatic rings. The summed E-state index contributed by atoms with van der Waals surface area (Å²) in [5.74, 6) is -3.17. The van der Waals surface area contributed by atoms with E-state index in [1.165, 1.54) is 24.1 Å². The first-order chi connectivity index (χ1) is 9.41. The Morgan fingerprint density at radius 2 is 2.15 bits per heavy atom. The van der Waals surface area contributed by atoms with E-state index in [4.69, 9.17) is 21.4 Å². The molecule has 7 heteroatoms. The Morgan fingerprint density at radius 1 is 1.45 bits per heavy atom. The number of carboxylic acids is 1. The van der Waals surface area contributed by atoms with E-state index in [1.807, 2.05) is 0 Å². The lowest BCUT2D eigenvalue weighted by Gasteiger charge is -2.26. The molecule has 1 aliphatic rings. The topological polar surface area (TPSA) is 66.8 Å². The number of rotatable bonds is 3. The molecule has 20 heavy (non-hydrogen) atoms. The highest BCUT2D eigenvalue weighted by Gasteiger charge is 2.39. The summed E-state index contributed by atoms with van der Waals surface area (Å²) in [5, 5.41) is 9.31. The van der Waals surface area contributed by atoms with Crippen LogP contribution in [0.3, 0.4) is 0 Å². The van der Waals surface area contributed by atoms with Crippen LogP contribution < -0.4 is 0 Å². The lowest BCUT2D eigenvalue weighted by Crippen LogP contribution is -2.44. The third-order valence-corrected chi connectivity index (χ3v) is 3.58. The number of hydrogen-bond acceptors (Lipinski definition) is 3. The van der Waals surface area contributed by atoms with Crippen LogP contribution in [0.2, 0.25) is 5.02 Å². The van der Waals surface area contributed by atoms with E-state index < -0.39 is 29.7 Å². The first-order valence-electron chi connectivity index (χ1n) is 5.94. The van der Waals surface area contributed by atoms with Crippen LogP contribution in [0.5, 0.6) is 0 Å². The summed E-state index contributed by atoms with van der Waals surface area (Å²) in [4.78, 5) is 24.5. The number of nitrogens with zero attached hydrogens (tertiary/aromatic N) is 1. The fourth-order valence-corrected chi connectivity index (χ4v) is 2.33. The number of ether oxygens (including phenoxy) is 1. The summed E-state index contributed by atoms with van der Waals surface area (Å²) in [7, 11) is 1.43. The molecular weight excluding hydrogens is 289 g/mol. The van der Waals surface area contributed by atoms with Gasteiger partial charge in [0.15, 0.2) is 0 Å². The van der Waals surface area contributed by atoms with Crippen LogP contribution in [-0.2, 0) is 9.53 Å². The minimum absolute atomic E-state index is 0.0373. The molecule has 5 nitrogen and oxygen atoms in total. The fourth-order valence-electron chi connectivity index (χ4n) is 2.16. The zero-order valence-corrected chi connectivity index (χ0v) is 11.4. The summed E-state index contributed by atoms with van der Waals surface area (Å²) in [6.45, 7) is 0.150. The Labute approximate surface area is 119 Å². The van der Waals surface area contributed by atoms with Gasteiger partial charge in [0.25, 0.3) is 5.91 Å². The maximum atomic E-state index is 13.7. The second-order valence-corrected chi connectivity index (χ2v) is 5.03. The molecule has 1 aliphatic heterocycles. The molecule has 2 unspecified atom stereocenters. The van der Waals surface area contributed by atoms with E-state index in [2.05, 4.69) is 0 Å². The van der Waals surface area contributed by atoms with Gasteiger partial charge in [-0.2, -0.15) is 0 Å². The number of carbonyl (C=O) groups is 2. The largest absolute Gasteiger partial charge is 0.481 e. The Morgan fingerprint density at radius 3 is 2.80 bits per heavy atom. The van der Waals surface area contributed by atoms with Crippen molar-refractivity contribution in [2.24, 2.45) is 5.92 Å². The number of carboxylic acid groups (broad SMARTS) is 1. The third kappa shape index (κ3) is 2.76. The average Bonchev–Trinajstić information content (AvgIpc) is 2.89. The van der Waals surface area contributed by atoms with Crippen molar-refractivity contribution in [2.45, 2.75) is 6.04 Å². The van der Waals surface area contributed by atoms with Gasteiger partial charge in [0, 0.05) is 12.1 Å². The van der Waals surface area contributed by atoms with Crippen LogP contribution in [0.25, 0.3) is 0 Å². The van der Waals surface area contributed by atoms with Gasteiger partial charge < -0.3 is 14.7 Å². The molecule has 2 atom stereocenters. The molecule has 1 heterocycles. The molecule has 0 radical (unpaired) electrons. The number of aliphatic carboxylic acids is 1. The number of amides is 1. The van der Waals surface area contributed by atoms with Crippen molar-refractivity contribution in [3.05, 3.63) is 34.6 Å². The monoisotopic (exact) mass is 301 g/mol. The lowest BCUT2D eigenvalue weighted by molar-refractivity contribution is -0.142. The smallest absolute Gasteiger partial charge is 0.311 e. The van der Waals surface area contributed by atoms with Gasteiger partial charge in [-0.05, 0) is 18.2 Å². The standard InChI is InChI=1S/C13H13ClFNO4/c1-16(11-6-20-5-9(11)13(18)19)12(17)8-4-7(14)2-3-10(8)15/h2-4,9,11H,5-6H2,1H3,(H,18,19). The van der Waals surface area contributed by atoms with Crippen LogP contribution in [0.15, 0.2) is 18.2 Å². The first-order valence-corrected chi connectivity index (χ1v) is 6.32. The molecule has 0 aliphatic carbocycles. The third-order valence-electron chi connectivity index (χ3n) is 3.34. The summed E-state index contributed by atoms with van der Waals surface area (Å²) in [5.41, 5.74) is -0.184. The average molecular weight is 302 g/mol. The maximum Gasteiger partial charge on any atom is 0.311 e. The van der Waals surface area contributed by atoms with E-state index >= 15 is 0 Å². The molecule has 0 saturated carbocycles. The Hall–Kier alpha value is -1.66. The van der Waals surface area contributed by atoms with Crippen molar-refractivity contribution in [3.63, 3.8) is 0 Å². The highest BCUT2D eigenvalue weighted by Crippen LogP contribution is 2.23. The van der Waals surface area contributed by atoms with E-state index in [0.717, 1.165) is 6.07 Å². The van der Waals surface area contributed by atoms with Crippen molar-refractivity contribution < 1.29 is 23.8 Å². The van der Waals surface area contributed by atoms with Crippen LogP contribution in [0.1, 0.15) is 10.4 Å². The number of halogens is 2. The predicted molar refractivity (Wildman–Crippen MR) is 69.2 cm³/mol. The summed E-state index contributed by atoms with van der Waals surface area (Å²) in [6, 6.07) is 3.04. The van der Waals surface area contributed by atoms with Gasteiger partial charge in [0.2, 0.25) is 0 Å². The highest BCUT2D eigenvalue weighted by molar-refractivity contribution is 6.31. The number of carbonyl (C=O) groups excluding carboxylic acids is 1. The molecule has 1 saturated heterocycles. The minimum atomic E-state index is -1.04. The van der Waals surface area contributed by atoms with E-state index in [9.17, 15) is 14.0 Å². The normalized spacial score (nSPS) is 21.8. The molecule has 0 aromatic heterocycles. The van der Waals surface area contributed by atoms with Crippen molar-refractivity contribution >= 4 is 23.5 Å². The molecule has 1 aromatic carbocycles. The van der Waals surface area contributed by atoms with Crippen LogP contribution in [0, 0.1) is 11.7 Å². The lowest BCUT2D eigenvalue weighted by atomic mass is 10.0. The van der Waals surface area contributed by atoms with E-state index in [1.54, 1.807) is 0 Å². The Balaban J connectivity index is 2.24. The fraction of sp³-hybridized carbons (Fsp3) is 0.385. The number of hydrogen-bond donors (Lipinski definition) is 1. The van der Waals surface area contributed by atoms with Crippen molar-refractivity contribution in [1.29, 1.82) is 0 Å². The Kier molecular flexibility index (Phi) is 4.25. The highest BCUT2D eigenvalue weighted by atomic mass is 35.5. The van der Waals surface area contributed by atoms with Crippen molar-refractivity contribution in [2.75, 3.05) is 20.3 Å². The van der Waals surface area contributed by atoms with Gasteiger partial charge in [-0.15, -0.1) is 0 Å². The van der Waals surface area contributed by atoms with Crippen molar-refractivity contribution in [1.82, 2.24) is 4.90 Å². The second kappa shape index (κ2) is 5.76. The molecule has 0 spiro atoms. The van der Waals surface area contributed by atoms with Gasteiger partial charge in [0.1, 0.15) is 11.7 Å². The van der Waals surface area contributed by atoms with Crippen LogP contribution in [-0.4, -0.2) is 48.2 Å². The number of benzene rings is 1. The second-order valence-electron chi connectivity index (χ2n) is 4.59. The van der Waals surface area contributed by atoms with Gasteiger partial charge in [-0.3, -0.25) is 9.59 Å². The molecule has 1 fully saturated rings. The molecule has 1 N–H and O–H groups in total. The molecule has 1 amide bonds. The summed E-state index contributed by atoms with van der Waals surface area (Å²) in [6.07, 6.45) is 0. The summed E-state index contributed by atoms with van der Waals surface area (Å²) >= 11 is 5.75. The Bertz CT molecular complexity index is 551. The van der Waals surface area contributed by atoms with E-state index in [-0.39, 0.29) is 23.8 Å². The SMILES string of the molecule is CN(C(=O)c1cc(Cl)ccc1F)C1COCC1C(=O)O. The van der Waals surface area contributed by atoms with Gasteiger partial charge in [-0.25, -0.2) is 4.39 Å². The zero-order chi connectivity index (χ0) is 14.9. The molecule has 2 rings (SSSR count). The quantitative estimate of drug-likeness (QED) is 0.922. The predicted octanol–water partition coefficient (Wildman–Crippen LogP) is 1.65. The zero-order valence-electron chi connectivity index (χ0n) is 10.7. The summed E-state index contributed by atoms with van der Waals surface area (Å²) < 4.78 is 18.8. The molecule has 0 bridgehead atoms. The van der Waals surface area contributed by atoms with Crippen molar-refractivity contribution in [3.8, 4) is 0 Å².